The van der Waals surface area contributed by atoms with E-state index in [2.05, 4.69) is 51.3 Å². The normalized spacial score (nSPS) is 19.5. The minimum Gasteiger partial charge on any atom is -0.295 e. The third-order valence-corrected chi connectivity index (χ3v) is 4.32. The first-order valence-electron chi connectivity index (χ1n) is 7.75. The van der Waals surface area contributed by atoms with Crippen molar-refractivity contribution in [3.63, 3.8) is 0 Å². The second kappa shape index (κ2) is 7.12. The van der Waals surface area contributed by atoms with E-state index in [-0.39, 0.29) is 12.1 Å². The van der Waals surface area contributed by atoms with Crippen LogP contribution in [0.4, 0.5) is 0 Å². The van der Waals surface area contributed by atoms with Crippen molar-refractivity contribution in [2.75, 3.05) is 6.54 Å². The minimum absolute atomic E-state index is 0.114. The second-order valence-corrected chi connectivity index (χ2v) is 5.73. The van der Waals surface area contributed by atoms with Crippen LogP contribution in [0.5, 0.6) is 0 Å². The minimum atomic E-state index is -0.114. The molecule has 0 saturated carbocycles. The molecule has 0 amide bonds. The van der Waals surface area contributed by atoms with E-state index in [0.29, 0.717) is 0 Å². The largest absolute Gasteiger partial charge is 0.295 e. The van der Waals surface area contributed by atoms with Crippen LogP contribution in [0, 0.1) is 0 Å². The molecule has 1 fully saturated rings. The zero-order valence-electron chi connectivity index (χ0n) is 12.5. The van der Waals surface area contributed by atoms with Crippen molar-refractivity contribution in [3.8, 4) is 0 Å². The van der Waals surface area contributed by atoms with Crippen LogP contribution in [0.25, 0.3) is 10.4 Å². The molecule has 2 atom stereocenters. The van der Waals surface area contributed by atoms with Gasteiger partial charge >= 0.3 is 0 Å². The summed E-state index contributed by atoms with van der Waals surface area (Å²) in [6, 6.07) is 20.8. The Morgan fingerprint density at radius 1 is 1.09 bits per heavy atom. The molecule has 0 spiro atoms. The lowest BCUT2D eigenvalue weighted by Crippen LogP contribution is -2.33. The van der Waals surface area contributed by atoms with E-state index in [9.17, 15) is 0 Å². The van der Waals surface area contributed by atoms with Gasteiger partial charge in [-0.05, 0) is 36.0 Å². The maximum absolute atomic E-state index is 8.97. The lowest BCUT2D eigenvalue weighted by molar-refractivity contribution is 0.216. The Kier molecular flexibility index (Phi) is 4.74. The number of likely N-dealkylation sites (tertiary alicyclic amines) is 1. The molecule has 3 rings (SSSR count). The summed E-state index contributed by atoms with van der Waals surface area (Å²) in [6.07, 6.45) is 2.23. The van der Waals surface area contributed by atoms with Crippen LogP contribution in [0.3, 0.4) is 0 Å². The molecule has 2 aromatic carbocycles. The molecule has 0 bridgehead atoms. The number of benzene rings is 2. The van der Waals surface area contributed by atoms with Gasteiger partial charge in [-0.3, -0.25) is 4.90 Å². The Hall–Kier alpha value is -2.29. The van der Waals surface area contributed by atoms with E-state index in [1.807, 2.05) is 24.3 Å². The first kappa shape index (κ1) is 14.6. The average Bonchev–Trinajstić information content (AvgIpc) is 3.02. The number of nitrogens with zero attached hydrogens (tertiary/aromatic N) is 4. The van der Waals surface area contributed by atoms with Gasteiger partial charge in [-0.25, -0.2) is 0 Å². The Labute approximate surface area is 131 Å². The highest BCUT2D eigenvalue weighted by atomic mass is 15.2. The monoisotopic (exact) mass is 292 g/mol. The second-order valence-electron chi connectivity index (χ2n) is 5.73. The van der Waals surface area contributed by atoms with E-state index in [0.717, 1.165) is 31.5 Å². The van der Waals surface area contributed by atoms with E-state index in [1.165, 1.54) is 5.56 Å². The fourth-order valence-corrected chi connectivity index (χ4v) is 3.30. The predicted octanol–water partition coefficient (Wildman–Crippen LogP) is 4.70. The van der Waals surface area contributed by atoms with Gasteiger partial charge in [-0.15, -0.1) is 0 Å². The first-order chi connectivity index (χ1) is 10.9. The summed E-state index contributed by atoms with van der Waals surface area (Å²) in [7, 11) is 0. The molecule has 0 aromatic heterocycles. The topological polar surface area (TPSA) is 52.0 Å². The highest BCUT2D eigenvalue weighted by molar-refractivity contribution is 5.22. The van der Waals surface area contributed by atoms with Gasteiger partial charge < -0.3 is 0 Å². The molecule has 1 aliphatic heterocycles. The molecule has 22 heavy (non-hydrogen) atoms. The molecule has 4 heteroatoms. The van der Waals surface area contributed by atoms with Crippen LogP contribution >= 0.6 is 0 Å². The molecule has 1 heterocycles. The molecule has 0 aliphatic carbocycles. The maximum Gasteiger partial charge on any atom is 0.0780 e. The molecule has 1 saturated heterocycles. The van der Waals surface area contributed by atoms with Crippen molar-refractivity contribution in [2.45, 2.75) is 31.5 Å². The summed E-state index contributed by atoms with van der Waals surface area (Å²) < 4.78 is 0. The van der Waals surface area contributed by atoms with E-state index < -0.39 is 0 Å². The summed E-state index contributed by atoms with van der Waals surface area (Å²) in [5.41, 5.74) is 11.4. The molecular weight excluding hydrogens is 272 g/mol. The van der Waals surface area contributed by atoms with Gasteiger partial charge in [-0.1, -0.05) is 65.8 Å². The summed E-state index contributed by atoms with van der Waals surface area (Å²) in [4.78, 5) is 5.54. The number of rotatable bonds is 5. The van der Waals surface area contributed by atoms with Gasteiger partial charge in [0, 0.05) is 17.5 Å². The van der Waals surface area contributed by atoms with E-state index >= 15 is 0 Å². The van der Waals surface area contributed by atoms with Crippen LogP contribution in [0.15, 0.2) is 65.8 Å². The fourth-order valence-electron chi connectivity index (χ4n) is 3.30. The Morgan fingerprint density at radius 3 is 2.45 bits per heavy atom. The van der Waals surface area contributed by atoms with Gasteiger partial charge in [0.2, 0.25) is 0 Å². The molecule has 112 valence electrons. The smallest absolute Gasteiger partial charge is 0.0780 e. The first-order valence-corrected chi connectivity index (χ1v) is 7.75. The van der Waals surface area contributed by atoms with Crippen LogP contribution in [0.1, 0.15) is 30.0 Å². The summed E-state index contributed by atoms with van der Waals surface area (Å²) in [5.74, 6) is 0. The molecule has 0 unspecified atom stereocenters. The van der Waals surface area contributed by atoms with Crippen molar-refractivity contribution in [3.05, 3.63) is 82.2 Å². The molecule has 0 radical (unpaired) electrons. The van der Waals surface area contributed by atoms with Crippen molar-refractivity contribution in [2.24, 2.45) is 5.11 Å². The Bertz CT molecular complexity index is 635. The van der Waals surface area contributed by atoms with Crippen LogP contribution in [-0.4, -0.2) is 17.5 Å². The van der Waals surface area contributed by atoms with Gasteiger partial charge in [0.15, 0.2) is 0 Å². The third-order valence-electron chi connectivity index (χ3n) is 4.32. The summed E-state index contributed by atoms with van der Waals surface area (Å²) in [5, 5.41) is 4.11. The van der Waals surface area contributed by atoms with Crippen molar-refractivity contribution < 1.29 is 0 Å². The molecule has 2 aromatic rings. The Balaban J connectivity index is 1.82. The Morgan fingerprint density at radius 2 is 1.77 bits per heavy atom. The number of hydrogen-bond acceptors (Lipinski definition) is 2. The van der Waals surface area contributed by atoms with Gasteiger partial charge in [0.25, 0.3) is 0 Å². The van der Waals surface area contributed by atoms with Crippen molar-refractivity contribution in [1.82, 2.24) is 4.90 Å². The van der Waals surface area contributed by atoms with Gasteiger partial charge in [-0.2, -0.15) is 0 Å². The maximum atomic E-state index is 8.97. The molecule has 1 aliphatic rings. The molecule has 0 N–H and O–H groups in total. The number of azide groups is 1. The van der Waals surface area contributed by atoms with E-state index in [1.54, 1.807) is 0 Å². The molecule has 4 nitrogen and oxygen atoms in total. The fraction of sp³-hybridized carbons (Fsp3) is 0.333. The highest BCUT2D eigenvalue weighted by Gasteiger charge is 2.31. The standard InChI is InChI=1S/C18H20N4/c19-21-20-18(16-10-5-2-6-11-16)17-12-7-13-22(17)14-15-8-3-1-4-9-15/h1-6,8-11,17-18H,7,12-14H2/t17-,18+/m0/s1. The average molecular weight is 292 g/mol. The summed E-state index contributed by atoms with van der Waals surface area (Å²) in [6.45, 7) is 1.97. The van der Waals surface area contributed by atoms with Crippen molar-refractivity contribution >= 4 is 0 Å². The van der Waals surface area contributed by atoms with Crippen LogP contribution in [-0.2, 0) is 6.54 Å². The SMILES string of the molecule is [N-]=[N+]=N[C@H](c1ccccc1)[C@@H]1CCCN1Cc1ccccc1. The highest BCUT2D eigenvalue weighted by Crippen LogP contribution is 2.33. The zero-order valence-corrected chi connectivity index (χ0v) is 12.5. The molecular formula is C18H20N4. The van der Waals surface area contributed by atoms with Gasteiger partial charge in [0.1, 0.15) is 0 Å². The van der Waals surface area contributed by atoms with Crippen LogP contribution < -0.4 is 0 Å². The lowest BCUT2D eigenvalue weighted by Gasteiger charge is -2.29. The predicted molar refractivity (Wildman–Crippen MR) is 88.2 cm³/mol. The third kappa shape index (κ3) is 3.30. The summed E-state index contributed by atoms with van der Waals surface area (Å²) >= 11 is 0. The van der Waals surface area contributed by atoms with Crippen LogP contribution in [0.2, 0.25) is 0 Å². The van der Waals surface area contributed by atoms with Gasteiger partial charge in [0.05, 0.1) is 6.04 Å². The quantitative estimate of drug-likeness (QED) is 0.447. The van der Waals surface area contributed by atoms with Crippen molar-refractivity contribution in [1.29, 1.82) is 0 Å². The van der Waals surface area contributed by atoms with E-state index in [4.69, 9.17) is 5.53 Å². The zero-order chi connectivity index (χ0) is 15.2. The number of hydrogen-bond donors (Lipinski definition) is 0. The lowest BCUT2D eigenvalue weighted by atomic mass is 9.98.